The van der Waals surface area contributed by atoms with E-state index in [9.17, 15) is 5.26 Å². The second-order valence-electron chi connectivity index (χ2n) is 5.30. The standard InChI is InChI=1S/C17H17N3O/c1-11-9-12(2)20-17(14(11)10-18)21-15-7-3-5-13-6-4-8-19-16(13)15/h3,5,7,9,19H,4,6,8H2,1-2H3. The number of nitrogens with zero attached hydrogens (tertiary/aromatic N) is 2. The zero-order valence-electron chi connectivity index (χ0n) is 12.2. The number of pyridine rings is 1. The van der Waals surface area contributed by atoms with Crippen molar-refractivity contribution in [3.8, 4) is 17.7 Å². The number of fused-ring (bicyclic) bond motifs is 1. The van der Waals surface area contributed by atoms with Crippen molar-refractivity contribution < 1.29 is 4.74 Å². The first-order valence-corrected chi connectivity index (χ1v) is 7.11. The molecule has 0 spiro atoms. The number of ether oxygens (including phenoxy) is 1. The molecule has 1 N–H and O–H groups in total. The Morgan fingerprint density at radius 3 is 3.00 bits per heavy atom. The molecule has 0 bridgehead atoms. The van der Waals surface area contributed by atoms with Crippen molar-refractivity contribution in [2.24, 2.45) is 0 Å². The molecule has 0 atom stereocenters. The Hall–Kier alpha value is -2.54. The predicted molar refractivity (Wildman–Crippen MR) is 81.8 cm³/mol. The van der Waals surface area contributed by atoms with Crippen LogP contribution in [0.5, 0.6) is 11.6 Å². The lowest BCUT2D eigenvalue weighted by atomic mass is 10.0. The number of hydrogen-bond donors (Lipinski definition) is 1. The predicted octanol–water partition coefficient (Wildman–Crippen LogP) is 3.72. The van der Waals surface area contributed by atoms with Gasteiger partial charge >= 0.3 is 0 Å². The second-order valence-corrected chi connectivity index (χ2v) is 5.30. The third kappa shape index (κ3) is 2.55. The highest BCUT2D eigenvalue weighted by Crippen LogP contribution is 2.35. The van der Waals surface area contributed by atoms with E-state index >= 15 is 0 Å². The summed E-state index contributed by atoms with van der Waals surface area (Å²) in [5.74, 6) is 1.12. The van der Waals surface area contributed by atoms with Gasteiger partial charge < -0.3 is 10.1 Å². The number of benzene rings is 1. The molecule has 4 nitrogen and oxygen atoms in total. The lowest BCUT2D eigenvalue weighted by Gasteiger charge is -2.21. The molecule has 1 aliphatic rings. The van der Waals surface area contributed by atoms with Crippen LogP contribution in [0.2, 0.25) is 0 Å². The van der Waals surface area contributed by atoms with Gasteiger partial charge in [-0.3, -0.25) is 0 Å². The van der Waals surface area contributed by atoms with Gasteiger partial charge in [-0.2, -0.15) is 5.26 Å². The van der Waals surface area contributed by atoms with Crippen molar-refractivity contribution >= 4 is 5.69 Å². The number of para-hydroxylation sites is 1. The van der Waals surface area contributed by atoms with E-state index in [-0.39, 0.29) is 0 Å². The Kier molecular flexibility index (Phi) is 3.49. The molecule has 0 saturated carbocycles. The molecule has 4 heteroatoms. The fraction of sp³-hybridized carbons (Fsp3) is 0.294. The molecule has 3 rings (SSSR count). The maximum absolute atomic E-state index is 9.32. The molecule has 1 aromatic heterocycles. The highest BCUT2D eigenvalue weighted by atomic mass is 16.5. The smallest absolute Gasteiger partial charge is 0.237 e. The van der Waals surface area contributed by atoms with E-state index in [2.05, 4.69) is 22.4 Å². The van der Waals surface area contributed by atoms with E-state index in [0.29, 0.717) is 11.4 Å². The Morgan fingerprint density at radius 1 is 1.33 bits per heavy atom. The minimum absolute atomic E-state index is 0.385. The van der Waals surface area contributed by atoms with Crippen LogP contribution in [-0.2, 0) is 6.42 Å². The topological polar surface area (TPSA) is 57.9 Å². The van der Waals surface area contributed by atoms with E-state index in [4.69, 9.17) is 4.74 Å². The van der Waals surface area contributed by atoms with Gasteiger partial charge in [0.05, 0.1) is 5.69 Å². The van der Waals surface area contributed by atoms with Crippen LogP contribution in [0.15, 0.2) is 24.3 Å². The third-order valence-corrected chi connectivity index (χ3v) is 3.67. The van der Waals surface area contributed by atoms with E-state index in [1.54, 1.807) is 0 Å². The quantitative estimate of drug-likeness (QED) is 0.910. The first-order chi connectivity index (χ1) is 10.2. The van der Waals surface area contributed by atoms with Crippen LogP contribution in [0.25, 0.3) is 0 Å². The van der Waals surface area contributed by atoms with Crippen molar-refractivity contribution in [2.45, 2.75) is 26.7 Å². The van der Waals surface area contributed by atoms with Gasteiger partial charge in [-0.05, 0) is 49.9 Å². The summed E-state index contributed by atoms with van der Waals surface area (Å²) in [6, 6.07) is 10.1. The van der Waals surface area contributed by atoms with Gasteiger partial charge in [0.15, 0.2) is 5.75 Å². The lowest BCUT2D eigenvalue weighted by Crippen LogP contribution is -2.12. The summed E-state index contributed by atoms with van der Waals surface area (Å²) in [6.07, 6.45) is 2.17. The van der Waals surface area contributed by atoms with Crippen molar-refractivity contribution in [2.75, 3.05) is 11.9 Å². The number of aromatic nitrogens is 1. The zero-order valence-corrected chi connectivity index (χ0v) is 12.2. The van der Waals surface area contributed by atoms with Gasteiger partial charge in [-0.1, -0.05) is 12.1 Å². The number of nitriles is 1. The van der Waals surface area contributed by atoms with Gasteiger partial charge in [-0.15, -0.1) is 0 Å². The summed E-state index contributed by atoms with van der Waals surface area (Å²) in [5, 5.41) is 12.7. The highest BCUT2D eigenvalue weighted by Gasteiger charge is 2.17. The fourth-order valence-corrected chi connectivity index (χ4v) is 2.68. The molecule has 1 aromatic carbocycles. The van der Waals surface area contributed by atoms with Crippen LogP contribution in [0.4, 0.5) is 5.69 Å². The van der Waals surface area contributed by atoms with E-state index in [0.717, 1.165) is 42.1 Å². The molecule has 106 valence electrons. The third-order valence-electron chi connectivity index (χ3n) is 3.67. The summed E-state index contributed by atoms with van der Waals surface area (Å²) in [4.78, 5) is 4.38. The van der Waals surface area contributed by atoms with Crippen molar-refractivity contribution in [1.82, 2.24) is 4.98 Å². The van der Waals surface area contributed by atoms with Crippen LogP contribution < -0.4 is 10.1 Å². The number of nitrogens with one attached hydrogen (secondary N) is 1. The molecule has 2 heterocycles. The van der Waals surface area contributed by atoms with Crippen LogP contribution in [0.1, 0.15) is 28.8 Å². The van der Waals surface area contributed by atoms with Gasteiger partial charge in [0.2, 0.25) is 5.88 Å². The molecule has 0 unspecified atom stereocenters. The monoisotopic (exact) mass is 279 g/mol. The maximum Gasteiger partial charge on any atom is 0.237 e. The molecule has 2 aromatic rings. The fourth-order valence-electron chi connectivity index (χ4n) is 2.68. The maximum atomic E-state index is 9.32. The summed E-state index contributed by atoms with van der Waals surface area (Å²) in [5.41, 5.74) is 4.50. The molecule has 0 radical (unpaired) electrons. The van der Waals surface area contributed by atoms with Gasteiger partial charge in [-0.25, -0.2) is 4.98 Å². The van der Waals surface area contributed by atoms with Crippen LogP contribution in [0.3, 0.4) is 0 Å². The van der Waals surface area contributed by atoms with E-state index < -0.39 is 0 Å². The Morgan fingerprint density at radius 2 is 2.19 bits per heavy atom. The minimum Gasteiger partial charge on any atom is -0.435 e. The Labute approximate surface area is 124 Å². The van der Waals surface area contributed by atoms with E-state index in [1.807, 2.05) is 32.0 Å². The van der Waals surface area contributed by atoms with Gasteiger partial charge in [0, 0.05) is 12.2 Å². The molecular weight excluding hydrogens is 262 g/mol. The molecule has 1 aliphatic heterocycles. The van der Waals surface area contributed by atoms with Crippen molar-refractivity contribution in [1.29, 1.82) is 5.26 Å². The average molecular weight is 279 g/mol. The molecule has 0 aliphatic carbocycles. The SMILES string of the molecule is Cc1cc(C)c(C#N)c(Oc2cccc3c2NCCC3)n1. The average Bonchev–Trinajstić information content (AvgIpc) is 2.47. The van der Waals surface area contributed by atoms with Gasteiger partial charge in [0.25, 0.3) is 0 Å². The summed E-state index contributed by atoms with van der Waals surface area (Å²) in [7, 11) is 0. The number of rotatable bonds is 2. The summed E-state index contributed by atoms with van der Waals surface area (Å²) in [6.45, 7) is 4.75. The van der Waals surface area contributed by atoms with Gasteiger partial charge in [0.1, 0.15) is 11.6 Å². The highest BCUT2D eigenvalue weighted by molar-refractivity contribution is 5.64. The Bertz CT molecular complexity index is 732. The first-order valence-electron chi connectivity index (χ1n) is 7.11. The molecule has 0 amide bonds. The largest absolute Gasteiger partial charge is 0.435 e. The molecule has 0 saturated heterocycles. The van der Waals surface area contributed by atoms with Crippen LogP contribution >= 0.6 is 0 Å². The van der Waals surface area contributed by atoms with Crippen molar-refractivity contribution in [3.63, 3.8) is 0 Å². The molecule has 21 heavy (non-hydrogen) atoms. The zero-order chi connectivity index (χ0) is 14.8. The summed E-state index contributed by atoms with van der Waals surface area (Å²) < 4.78 is 5.96. The lowest BCUT2D eigenvalue weighted by molar-refractivity contribution is 0.459. The number of anilines is 1. The number of aryl methyl sites for hydroxylation is 3. The van der Waals surface area contributed by atoms with Crippen molar-refractivity contribution in [3.05, 3.63) is 46.6 Å². The van der Waals surface area contributed by atoms with E-state index in [1.165, 1.54) is 5.56 Å². The molecule has 0 fully saturated rings. The molecular formula is C17H17N3O. The second kappa shape index (κ2) is 5.45. The minimum atomic E-state index is 0.385. The van der Waals surface area contributed by atoms with Crippen LogP contribution in [-0.4, -0.2) is 11.5 Å². The number of hydrogen-bond acceptors (Lipinski definition) is 4. The summed E-state index contributed by atoms with van der Waals surface area (Å²) >= 11 is 0. The van der Waals surface area contributed by atoms with Crippen LogP contribution in [0, 0.1) is 25.2 Å². The normalized spacial score (nSPS) is 13.0. The first kappa shape index (κ1) is 13.4. The Balaban J connectivity index is 2.04.